The van der Waals surface area contributed by atoms with Gasteiger partial charge < -0.3 is 19.7 Å². The number of hydrogen-bond acceptors (Lipinski definition) is 4. The van der Waals surface area contributed by atoms with Gasteiger partial charge in [0.2, 0.25) is 0 Å². The van der Waals surface area contributed by atoms with Gasteiger partial charge in [0.15, 0.2) is 0 Å². The summed E-state index contributed by atoms with van der Waals surface area (Å²) in [7, 11) is 1.62. The fraction of sp³-hybridized carbons (Fsp3) is 0.125. The van der Waals surface area contributed by atoms with Gasteiger partial charge in [-0.2, -0.15) is 0 Å². The van der Waals surface area contributed by atoms with Crippen molar-refractivity contribution in [3.63, 3.8) is 0 Å². The molecular formula is C16H14N4O3. The first-order chi connectivity index (χ1) is 11.2. The zero-order valence-electron chi connectivity index (χ0n) is 12.4. The van der Waals surface area contributed by atoms with E-state index in [0.717, 1.165) is 28.4 Å². The minimum Gasteiger partial charge on any atom is -0.497 e. The van der Waals surface area contributed by atoms with Crippen LogP contribution in [0.5, 0.6) is 5.75 Å². The summed E-state index contributed by atoms with van der Waals surface area (Å²) in [5.74, 6) is 1.30. The van der Waals surface area contributed by atoms with Gasteiger partial charge in [0.05, 0.1) is 24.2 Å². The van der Waals surface area contributed by atoms with Crippen LogP contribution in [0, 0.1) is 0 Å². The standard InChI is InChI=1S/C16H14N4O3/c1-23-11-4-2-10(3-5-11)14-13-8-19(16(21)22)15-12(6-7-17-15)20(13)9-18-14/h2-8,17H,9H2,1H3,(H,21,22). The molecule has 7 heteroatoms. The van der Waals surface area contributed by atoms with E-state index in [1.165, 1.54) is 4.90 Å². The van der Waals surface area contributed by atoms with Gasteiger partial charge in [0.1, 0.15) is 18.2 Å². The van der Waals surface area contributed by atoms with Gasteiger partial charge in [0, 0.05) is 18.0 Å². The lowest BCUT2D eigenvalue weighted by Crippen LogP contribution is -2.34. The summed E-state index contributed by atoms with van der Waals surface area (Å²) in [4.78, 5) is 22.2. The highest BCUT2D eigenvalue weighted by Crippen LogP contribution is 2.38. The van der Waals surface area contributed by atoms with Crippen LogP contribution < -0.4 is 14.5 Å². The van der Waals surface area contributed by atoms with Gasteiger partial charge in [-0.15, -0.1) is 0 Å². The maximum Gasteiger partial charge on any atom is 0.417 e. The van der Waals surface area contributed by atoms with Crippen molar-refractivity contribution in [1.29, 1.82) is 0 Å². The summed E-state index contributed by atoms with van der Waals surface area (Å²) in [5, 5.41) is 9.43. The maximum absolute atomic E-state index is 11.5. The Morgan fingerprint density at radius 2 is 2.09 bits per heavy atom. The van der Waals surface area contributed by atoms with Gasteiger partial charge in [-0.1, -0.05) is 0 Å². The van der Waals surface area contributed by atoms with Crippen molar-refractivity contribution in [2.75, 3.05) is 23.6 Å². The number of nitrogens with one attached hydrogen (secondary N) is 1. The number of amides is 1. The molecule has 0 saturated carbocycles. The molecule has 2 aromatic rings. The number of ether oxygens (including phenoxy) is 1. The molecule has 2 aliphatic rings. The lowest BCUT2D eigenvalue weighted by Gasteiger charge is -2.29. The number of allylic oxidation sites excluding steroid dienone is 1. The monoisotopic (exact) mass is 310 g/mol. The average Bonchev–Trinajstić information content (AvgIpc) is 3.20. The van der Waals surface area contributed by atoms with Crippen LogP contribution >= 0.6 is 0 Å². The molecule has 4 rings (SSSR count). The first-order valence-corrected chi connectivity index (χ1v) is 7.07. The molecule has 0 saturated heterocycles. The van der Waals surface area contributed by atoms with Crippen LogP contribution in [0.4, 0.5) is 16.3 Å². The lowest BCUT2D eigenvalue weighted by atomic mass is 10.1. The third-order valence-corrected chi connectivity index (χ3v) is 3.96. The van der Waals surface area contributed by atoms with Crippen LogP contribution in [-0.2, 0) is 0 Å². The predicted octanol–water partition coefficient (Wildman–Crippen LogP) is 2.63. The smallest absolute Gasteiger partial charge is 0.417 e. The number of carbonyl (C=O) groups is 1. The molecule has 0 bridgehead atoms. The van der Waals surface area contributed by atoms with E-state index in [1.807, 2.05) is 35.2 Å². The Balaban J connectivity index is 1.76. The number of aliphatic imine (C=N–C) groups is 1. The van der Waals surface area contributed by atoms with Crippen LogP contribution in [0.1, 0.15) is 5.56 Å². The van der Waals surface area contributed by atoms with Gasteiger partial charge in [-0.05, 0) is 30.3 Å². The molecule has 7 nitrogen and oxygen atoms in total. The van der Waals surface area contributed by atoms with Gasteiger partial charge in [-0.25, -0.2) is 9.69 Å². The molecular weight excluding hydrogens is 296 g/mol. The largest absolute Gasteiger partial charge is 0.497 e. The molecule has 3 heterocycles. The fourth-order valence-electron chi connectivity index (χ4n) is 2.85. The first kappa shape index (κ1) is 13.4. The highest BCUT2D eigenvalue weighted by Gasteiger charge is 2.34. The summed E-state index contributed by atoms with van der Waals surface area (Å²) < 4.78 is 5.17. The number of H-pyrrole nitrogens is 1. The quantitative estimate of drug-likeness (QED) is 0.893. The average molecular weight is 310 g/mol. The molecule has 0 fully saturated rings. The summed E-state index contributed by atoms with van der Waals surface area (Å²) >= 11 is 0. The lowest BCUT2D eigenvalue weighted by molar-refractivity contribution is 0.204. The molecule has 0 spiro atoms. The Morgan fingerprint density at radius 3 is 2.78 bits per heavy atom. The molecule has 0 radical (unpaired) electrons. The third-order valence-electron chi connectivity index (χ3n) is 3.96. The number of carboxylic acid groups (broad SMARTS) is 1. The van der Waals surface area contributed by atoms with Gasteiger partial charge in [-0.3, -0.25) is 4.99 Å². The SMILES string of the molecule is COc1ccc(C2=NCN3C2=CN(C(=O)O)c2[nH]ccc23)cc1. The van der Waals surface area contributed by atoms with E-state index in [2.05, 4.69) is 9.98 Å². The number of anilines is 2. The predicted molar refractivity (Wildman–Crippen MR) is 86.3 cm³/mol. The Morgan fingerprint density at radius 1 is 1.30 bits per heavy atom. The number of aromatic nitrogens is 1. The number of rotatable bonds is 2. The number of methoxy groups -OCH3 is 1. The number of fused-ring (bicyclic) bond motifs is 3. The molecule has 1 aromatic heterocycles. The van der Waals surface area contributed by atoms with Crippen LogP contribution in [0.2, 0.25) is 0 Å². The van der Waals surface area contributed by atoms with Crippen LogP contribution in [-0.4, -0.2) is 35.7 Å². The number of benzene rings is 1. The molecule has 0 aliphatic carbocycles. The second-order valence-electron chi connectivity index (χ2n) is 5.18. The molecule has 116 valence electrons. The molecule has 0 atom stereocenters. The van der Waals surface area contributed by atoms with Crippen molar-refractivity contribution >= 4 is 23.3 Å². The van der Waals surface area contributed by atoms with Crippen molar-refractivity contribution < 1.29 is 14.6 Å². The first-order valence-electron chi connectivity index (χ1n) is 7.07. The van der Waals surface area contributed by atoms with E-state index in [0.29, 0.717) is 12.5 Å². The summed E-state index contributed by atoms with van der Waals surface area (Å²) in [5.41, 5.74) is 3.26. The Labute approximate surface area is 132 Å². The molecule has 23 heavy (non-hydrogen) atoms. The summed E-state index contributed by atoms with van der Waals surface area (Å²) in [6.07, 6.45) is 2.28. The Kier molecular flexibility index (Phi) is 2.87. The van der Waals surface area contributed by atoms with E-state index in [-0.39, 0.29) is 0 Å². The number of aromatic amines is 1. The fourth-order valence-corrected chi connectivity index (χ4v) is 2.85. The topological polar surface area (TPSA) is 81.2 Å². The number of nitrogens with zero attached hydrogens (tertiary/aromatic N) is 3. The van der Waals surface area contributed by atoms with E-state index < -0.39 is 6.09 Å². The number of hydrogen-bond donors (Lipinski definition) is 2. The van der Waals surface area contributed by atoms with Gasteiger partial charge >= 0.3 is 6.09 Å². The zero-order valence-corrected chi connectivity index (χ0v) is 12.4. The summed E-state index contributed by atoms with van der Waals surface area (Å²) in [6, 6.07) is 9.41. The molecule has 2 aliphatic heterocycles. The van der Waals surface area contributed by atoms with E-state index in [4.69, 9.17) is 4.74 Å². The Hall–Kier alpha value is -3.22. The van der Waals surface area contributed by atoms with Crippen LogP contribution in [0.25, 0.3) is 0 Å². The zero-order chi connectivity index (χ0) is 16.0. The van der Waals surface area contributed by atoms with E-state index in [9.17, 15) is 9.90 Å². The van der Waals surface area contributed by atoms with Crippen molar-refractivity contribution in [1.82, 2.24) is 4.98 Å². The van der Waals surface area contributed by atoms with E-state index in [1.54, 1.807) is 19.5 Å². The normalized spacial score (nSPS) is 15.7. The highest BCUT2D eigenvalue weighted by atomic mass is 16.5. The minimum atomic E-state index is -1.04. The van der Waals surface area contributed by atoms with Crippen LogP contribution in [0.15, 0.2) is 53.4 Å². The Bertz CT molecular complexity index is 835. The van der Waals surface area contributed by atoms with Crippen LogP contribution in [0.3, 0.4) is 0 Å². The maximum atomic E-state index is 11.5. The van der Waals surface area contributed by atoms with Crippen molar-refractivity contribution in [2.45, 2.75) is 0 Å². The third kappa shape index (κ3) is 1.97. The van der Waals surface area contributed by atoms with Crippen molar-refractivity contribution in [2.24, 2.45) is 4.99 Å². The molecule has 2 N–H and O–H groups in total. The summed E-state index contributed by atoms with van der Waals surface area (Å²) in [6.45, 7) is 0.464. The van der Waals surface area contributed by atoms with E-state index >= 15 is 0 Å². The second kappa shape index (κ2) is 4.91. The molecule has 0 unspecified atom stereocenters. The molecule has 1 amide bonds. The van der Waals surface area contributed by atoms with Crippen molar-refractivity contribution in [3.8, 4) is 5.75 Å². The van der Waals surface area contributed by atoms with Gasteiger partial charge in [0.25, 0.3) is 0 Å². The second-order valence-corrected chi connectivity index (χ2v) is 5.18. The highest BCUT2D eigenvalue weighted by molar-refractivity contribution is 6.18. The minimum absolute atomic E-state index is 0.464. The molecule has 1 aromatic carbocycles. The van der Waals surface area contributed by atoms with Crippen molar-refractivity contribution in [3.05, 3.63) is 54.0 Å².